The van der Waals surface area contributed by atoms with Crippen LogP contribution in [0, 0.1) is 0 Å². The molecule has 8 heteroatoms. The van der Waals surface area contributed by atoms with Crippen LogP contribution in [0.4, 0.5) is 5.82 Å². The number of nitrogens with zero attached hydrogens (tertiary/aromatic N) is 6. The predicted molar refractivity (Wildman–Crippen MR) is 81.9 cm³/mol. The van der Waals surface area contributed by atoms with Crippen molar-refractivity contribution in [3.05, 3.63) is 29.7 Å². The lowest BCUT2D eigenvalue weighted by molar-refractivity contribution is -0.0373. The summed E-state index contributed by atoms with van der Waals surface area (Å²) in [5.41, 5.74) is 1.05. The second-order valence-corrected chi connectivity index (χ2v) is 6.55. The van der Waals surface area contributed by atoms with Gasteiger partial charge in [0.05, 0.1) is 36.0 Å². The average Bonchev–Trinajstić information content (AvgIpc) is 3.22. The molecule has 0 amide bonds. The van der Waals surface area contributed by atoms with Crippen molar-refractivity contribution in [3.8, 4) is 0 Å². The molecule has 0 bridgehead atoms. The number of hydrogen-bond acceptors (Lipinski definition) is 7. The number of piperidine rings is 1. The molecule has 1 saturated heterocycles. The minimum atomic E-state index is 0.198. The fourth-order valence-electron chi connectivity index (χ4n) is 3.40. The van der Waals surface area contributed by atoms with Crippen LogP contribution < -0.4 is 4.90 Å². The summed E-state index contributed by atoms with van der Waals surface area (Å²) in [7, 11) is 0. The summed E-state index contributed by atoms with van der Waals surface area (Å²) in [6.07, 6.45) is 4.62. The molecule has 0 unspecified atom stereocenters. The Labute approximate surface area is 130 Å². The van der Waals surface area contributed by atoms with E-state index in [0.717, 1.165) is 41.2 Å². The maximum Gasteiger partial charge on any atom is 0.140 e. The van der Waals surface area contributed by atoms with Crippen molar-refractivity contribution in [2.45, 2.75) is 25.2 Å². The first-order valence-corrected chi connectivity index (χ1v) is 8.22. The zero-order chi connectivity index (χ0) is 14.5. The van der Waals surface area contributed by atoms with Gasteiger partial charge in [0, 0.05) is 13.1 Å². The molecule has 112 valence electrons. The highest BCUT2D eigenvalue weighted by atomic mass is 32.1. The number of fused-ring (bicyclic) bond motifs is 4. The molecule has 2 aliphatic heterocycles. The number of thiophene rings is 1. The summed E-state index contributed by atoms with van der Waals surface area (Å²) in [5, 5.41) is 11.5. The second-order valence-electron chi connectivity index (χ2n) is 5.66. The molecule has 5 heterocycles. The summed E-state index contributed by atoms with van der Waals surface area (Å²) in [6.45, 7) is 2.38. The molecule has 0 radical (unpaired) electrons. The first-order chi connectivity index (χ1) is 10.9. The Morgan fingerprint density at radius 2 is 2.32 bits per heavy atom. The van der Waals surface area contributed by atoms with Crippen LogP contribution in [0.1, 0.15) is 18.2 Å². The molecule has 0 N–H and O–H groups in total. The molecule has 22 heavy (non-hydrogen) atoms. The van der Waals surface area contributed by atoms with E-state index in [1.165, 1.54) is 0 Å². The highest BCUT2D eigenvalue weighted by Crippen LogP contribution is 2.34. The molecule has 3 aromatic rings. The summed E-state index contributed by atoms with van der Waals surface area (Å²) in [5.74, 6) is 1.01. The standard InChI is InChI=1S/C14H14N6OS/c1-3-19(13-10-2-4-22-14(10)16-8-15-13)6-11-12(1)21-7-9-5-17-18-20(9)11/h2,4-5,8,11-12H,1,3,6-7H2/t11-,12-/m0/s1. The van der Waals surface area contributed by atoms with Gasteiger partial charge < -0.3 is 9.64 Å². The third-order valence-corrected chi connectivity index (χ3v) is 5.29. The van der Waals surface area contributed by atoms with Crippen LogP contribution in [0.5, 0.6) is 0 Å². The largest absolute Gasteiger partial charge is 0.370 e. The van der Waals surface area contributed by atoms with Crippen molar-refractivity contribution in [3.63, 3.8) is 0 Å². The second kappa shape index (κ2) is 4.72. The van der Waals surface area contributed by atoms with Crippen molar-refractivity contribution >= 4 is 27.4 Å². The Bertz CT molecular complexity index is 829. The third kappa shape index (κ3) is 1.77. The molecular weight excluding hydrogens is 300 g/mol. The van der Waals surface area contributed by atoms with E-state index >= 15 is 0 Å². The summed E-state index contributed by atoms with van der Waals surface area (Å²) in [6, 6.07) is 2.29. The van der Waals surface area contributed by atoms with Crippen LogP contribution >= 0.6 is 11.3 Å². The van der Waals surface area contributed by atoms with Crippen LogP contribution in [0.15, 0.2) is 24.0 Å². The SMILES string of the molecule is c1nc(N2CC[C@@H]3OCc4cnnn4[C@H]3C2)c2ccsc2n1. The highest BCUT2D eigenvalue weighted by Gasteiger charge is 2.37. The molecule has 2 atom stereocenters. The van der Waals surface area contributed by atoms with Gasteiger partial charge in [-0.05, 0) is 17.9 Å². The molecule has 2 aliphatic rings. The van der Waals surface area contributed by atoms with Crippen LogP contribution in [0.25, 0.3) is 10.2 Å². The van der Waals surface area contributed by atoms with Gasteiger partial charge in [-0.1, -0.05) is 5.21 Å². The van der Waals surface area contributed by atoms with Gasteiger partial charge in [0.25, 0.3) is 0 Å². The lowest BCUT2D eigenvalue weighted by Crippen LogP contribution is -2.48. The molecular formula is C14H14N6OS. The molecule has 1 fully saturated rings. The Morgan fingerprint density at radius 1 is 1.32 bits per heavy atom. The van der Waals surface area contributed by atoms with Crippen LogP contribution in [-0.4, -0.2) is 44.2 Å². The first-order valence-electron chi connectivity index (χ1n) is 7.34. The summed E-state index contributed by atoms with van der Waals surface area (Å²) in [4.78, 5) is 12.2. The smallest absolute Gasteiger partial charge is 0.140 e. The van der Waals surface area contributed by atoms with Gasteiger partial charge in [-0.2, -0.15) is 0 Å². The topological polar surface area (TPSA) is 69.0 Å². The highest BCUT2D eigenvalue weighted by molar-refractivity contribution is 7.16. The maximum absolute atomic E-state index is 5.97. The Kier molecular flexibility index (Phi) is 2.68. The molecule has 0 saturated carbocycles. The van der Waals surface area contributed by atoms with Gasteiger partial charge in [-0.3, -0.25) is 0 Å². The molecule has 0 aliphatic carbocycles. The van der Waals surface area contributed by atoms with Crippen molar-refractivity contribution < 1.29 is 4.74 Å². The third-order valence-electron chi connectivity index (χ3n) is 4.47. The van der Waals surface area contributed by atoms with Gasteiger partial charge in [-0.15, -0.1) is 16.4 Å². The van der Waals surface area contributed by atoms with E-state index in [2.05, 4.69) is 36.6 Å². The Hall–Kier alpha value is -2.06. The number of ether oxygens (including phenoxy) is 1. The summed E-state index contributed by atoms with van der Waals surface area (Å²) >= 11 is 1.65. The van der Waals surface area contributed by atoms with E-state index in [1.807, 2.05) is 4.68 Å². The van der Waals surface area contributed by atoms with E-state index in [-0.39, 0.29) is 12.1 Å². The molecule has 7 nitrogen and oxygen atoms in total. The Morgan fingerprint density at radius 3 is 3.32 bits per heavy atom. The average molecular weight is 314 g/mol. The minimum Gasteiger partial charge on any atom is -0.370 e. The maximum atomic E-state index is 5.97. The van der Waals surface area contributed by atoms with E-state index in [9.17, 15) is 0 Å². The monoisotopic (exact) mass is 314 g/mol. The normalized spacial score (nSPS) is 24.3. The van der Waals surface area contributed by atoms with Gasteiger partial charge in [-0.25, -0.2) is 14.6 Å². The minimum absolute atomic E-state index is 0.198. The van der Waals surface area contributed by atoms with Gasteiger partial charge >= 0.3 is 0 Å². The molecule has 3 aromatic heterocycles. The zero-order valence-corrected chi connectivity index (χ0v) is 12.6. The van der Waals surface area contributed by atoms with Crippen LogP contribution in [0.3, 0.4) is 0 Å². The van der Waals surface area contributed by atoms with E-state index in [0.29, 0.717) is 6.61 Å². The lowest BCUT2D eigenvalue weighted by Gasteiger charge is -2.41. The van der Waals surface area contributed by atoms with Crippen LogP contribution in [-0.2, 0) is 11.3 Å². The predicted octanol–water partition coefficient (Wildman–Crippen LogP) is 1.63. The zero-order valence-electron chi connectivity index (χ0n) is 11.8. The van der Waals surface area contributed by atoms with Crippen LogP contribution in [0.2, 0.25) is 0 Å². The van der Waals surface area contributed by atoms with E-state index < -0.39 is 0 Å². The fourth-order valence-corrected chi connectivity index (χ4v) is 4.13. The van der Waals surface area contributed by atoms with Gasteiger partial charge in [0.15, 0.2) is 0 Å². The Balaban J connectivity index is 1.53. The number of rotatable bonds is 1. The van der Waals surface area contributed by atoms with E-state index in [4.69, 9.17) is 4.74 Å². The molecule has 5 rings (SSSR count). The van der Waals surface area contributed by atoms with Gasteiger partial charge in [0.2, 0.25) is 0 Å². The number of aromatic nitrogens is 5. The molecule has 0 aromatic carbocycles. The fraction of sp³-hybridized carbons (Fsp3) is 0.429. The van der Waals surface area contributed by atoms with Crippen molar-refractivity contribution in [1.29, 1.82) is 0 Å². The lowest BCUT2D eigenvalue weighted by atomic mass is 10.0. The van der Waals surface area contributed by atoms with E-state index in [1.54, 1.807) is 23.9 Å². The van der Waals surface area contributed by atoms with Gasteiger partial charge in [0.1, 0.15) is 17.0 Å². The van der Waals surface area contributed by atoms with Crippen molar-refractivity contribution in [2.75, 3.05) is 18.0 Å². The quantitative estimate of drug-likeness (QED) is 0.680. The first kappa shape index (κ1) is 12.5. The summed E-state index contributed by atoms with van der Waals surface area (Å²) < 4.78 is 7.99. The molecule has 0 spiro atoms. The number of anilines is 1. The van der Waals surface area contributed by atoms with Crippen molar-refractivity contribution in [2.24, 2.45) is 0 Å². The van der Waals surface area contributed by atoms with Crippen molar-refractivity contribution in [1.82, 2.24) is 25.0 Å². The number of hydrogen-bond donors (Lipinski definition) is 0.